The molecule has 0 saturated heterocycles. The molecule has 0 aliphatic carbocycles. The van der Waals surface area contributed by atoms with Crippen molar-refractivity contribution in [1.82, 2.24) is 5.32 Å². The van der Waals surface area contributed by atoms with Gasteiger partial charge in [0, 0.05) is 13.7 Å². The third-order valence-electron chi connectivity index (χ3n) is 3.24. The molecule has 0 heterocycles. The van der Waals surface area contributed by atoms with Crippen LogP contribution in [0.1, 0.15) is 23.3 Å². The first-order chi connectivity index (χ1) is 9.81. The van der Waals surface area contributed by atoms with Crippen LogP contribution < -0.4 is 5.32 Å². The van der Waals surface area contributed by atoms with E-state index < -0.39 is 6.17 Å². The number of alkyl halides is 1. The molecule has 3 heteroatoms. The SMILES string of the molecule is COC[C@H](NC[C@H](F)c1ccccc1)c1ccccc1. The van der Waals surface area contributed by atoms with Gasteiger partial charge in [-0.25, -0.2) is 4.39 Å². The second-order valence-corrected chi connectivity index (χ2v) is 4.71. The van der Waals surface area contributed by atoms with Gasteiger partial charge in [0.2, 0.25) is 0 Å². The van der Waals surface area contributed by atoms with Gasteiger partial charge < -0.3 is 10.1 Å². The molecule has 106 valence electrons. The zero-order chi connectivity index (χ0) is 14.2. The van der Waals surface area contributed by atoms with E-state index in [0.717, 1.165) is 5.56 Å². The molecule has 20 heavy (non-hydrogen) atoms. The van der Waals surface area contributed by atoms with Crippen LogP contribution in [0.2, 0.25) is 0 Å². The van der Waals surface area contributed by atoms with Gasteiger partial charge in [-0.2, -0.15) is 0 Å². The Labute approximate surface area is 119 Å². The summed E-state index contributed by atoms with van der Waals surface area (Å²) < 4.78 is 19.4. The molecule has 0 spiro atoms. The van der Waals surface area contributed by atoms with Crippen LogP contribution in [0.25, 0.3) is 0 Å². The average molecular weight is 273 g/mol. The monoisotopic (exact) mass is 273 g/mol. The minimum atomic E-state index is -1.01. The molecule has 0 unspecified atom stereocenters. The van der Waals surface area contributed by atoms with Crippen molar-refractivity contribution in [3.05, 3.63) is 71.8 Å². The van der Waals surface area contributed by atoms with Crippen molar-refractivity contribution in [3.8, 4) is 0 Å². The fourth-order valence-electron chi connectivity index (χ4n) is 2.15. The molecule has 0 fully saturated rings. The minimum absolute atomic E-state index is 0.00293. The third kappa shape index (κ3) is 4.15. The van der Waals surface area contributed by atoms with E-state index in [0.29, 0.717) is 12.2 Å². The molecule has 0 aliphatic heterocycles. The summed E-state index contributed by atoms with van der Waals surface area (Å²) in [6.07, 6.45) is -1.01. The predicted molar refractivity (Wildman–Crippen MR) is 79.4 cm³/mol. The summed E-state index contributed by atoms with van der Waals surface area (Å²) in [5, 5.41) is 3.24. The Balaban J connectivity index is 1.96. The summed E-state index contributed by atoms with van der Waals surface area (Å²) in [4.78, 5) is 0. The molecule has 0 amide bonds. The van der Waals surface area contributed by atoms with Crippen LogP contribution in [-0.2, 0) is 4.74 Å². The van der Waals surface area contributed by atoms with E-state index in [-0.39, 0.29) is 12.6 Å². The lowest BCUT2D eigenvalue weighted by atomic mass is 10.1. The molecule has 0 saturated carbocycles. The van der Waals surface area contributed by atoms with E-state index in [9.17, 15) is 4.39 Å². The van der Waals surface area contributed by atoms with Gasteiger partial charge in [0.15, 0.2) is 0 Å². The predicted octanol–water partition coefficient (Wildman–Crippen LogP) is 3.67. The molecule has 1 N–H and O–H groups in total. The minimum Gasteiger partial charge on any atom is -0.383 e. The van der Waals surface area contributed by atoms with Crippen molar-refractivity contribution in [2.75, 3.05) is 20.3 Å². The maximum Gasteiger partial charge on any atom is 0.138 e. The van der Waals surface area contributed by atoms with Gasteiger partial charge in [0.1, 0.15) is 6.17 Å². The molecule has 0 radical (unpaired) electrons. The smallest absolute Gasteiger partial charge is 0.138 e. The normalized spacial score (nSPS) is 13.9. The lowest BCUT2D eigenvalue weighted by molar-refractivity contribution is 0.161. The van der Waals surface area contributed by atoms with Crippen molar-refractivity contribution < 1.29 is 9.13 Å². The van der Waals surface area contributed by atoms with E-state index in [1.165, 1.54) is 0 Å². The number of ether oxygens (including phenoxy) is 1. The Hall–Kier alpha value is -1.71. The van der Waals surface area contributed by atoms with Gasteiger partial charge in [-0.05, 0) is 11.1 Å². The molecule has 0 bridgehead atoms. The number of methoxy groups -OCH3 is 1. The lowest BCUT2D eigenvalue weighted by Gasteiger charge is -2.20. The Morgan fingerprint density at radius 2 is 1.50 bits per heavy atom. The molecule has 2 aromatic carbocycles. The molecule has 0 aromatic heterocycles. The highest BCUT2D eigenvalue weighted by Gasteiger charge is 2.14. The summed E-state index contributed by atoms with van der Waals surface area (Å²) in [6, 6.07) is 19.2. The average Bonchev–Trinajstić information content (AvgIpc) is 2.53. The zero-order valence-electron chi connectivity index (χ0n) is 11.6. The van der Waals surface area contributed by atoms with Crippen LogP contribution in [0.3, 0.4) is 0 Å². The summed E-state index contributed by atoms with van der Waals surface area (Å²) in [6.45, 7) is 0.790. The number of halogens is 1. The van der Waals surface area contributed by atoms with Gasteiger partial charge in [-0.3, -0.25) is 0 Å². The van der Waals surface area contributed by atoms with Crippen LogP contribution in [0.5, 0.6) is 0 Å². The van der Waals surface area contributed by atoms with Gasteiger partial charge >= 0.3 is 0 Å². The second-order valence-electron chi connectivity index (χ2n) is 4.71. The van der Waals surface area contributed by atoms with Gasteiger partial charge in [0.25, 0.3) is 0 Å². The first kappa shape index (κ1) is 14.7. The van der Waals surface area contributed by atoms with Gasteiger partial charge in [-0.15, -0.1) is 0 Å². The highest BCUT2D eigenvalue weighted by Crippen LogP contribution is 2.18. The fourth-order valence-corrected chi connectivity index (χ4v) is 2.15. The van der Waals surface area contributed by atoms with E-state index in [1.807, 2.05) is 48.5 Å². The number of hydrogen-bond donors (Lipinski definition) is 1. The number of benzene rings is 2. The molecule has 2 atom stereocenters. The molecule has 0 aliphatic rings. The van der Waals surface area contributed by atoms with Crippen LogP contribution in [0.15, 0.2) is 60.7 Å². The Morgan fingerprint density at radius 3 is 2.05 bits per heavy atom. The van der Waals surface area contributed by atoms with Gasteiger partial charge in [-0.1, -0.05) is 60.7 Å². The fraction of sp³-hybridized carbons (Fsp3) is 0.294. The van der Waals surface area contributed by atoms with E-state index in [1.54, 1.807) is 19.2 Å². The quantitative estimate of drug-likeness (QED) is 0.831. The number of nitrogens with one attached hydrogen (secondary N) is 1. The summed E-state index contributed by atoms with van der Waals surface area (Å²) in [7, 11) is 1.65. The third-order valence-corrected chi connectivity index (χ3v) is 3.24. The molecule has 2 rings (SSSR count). The van der Waals surface area contributed by atoms with Crippen LogP contribution in [0.4, 0.5) is 4.39 Å². The van der Waals surface area contributed by atoms with E-state index >= 15 is 0 Å². The van der Waals surface area contributed by atoms with Crippen LogP contribution >= 0.6 is 0 Å². The van der Waals surface area contributed by atoms with E-state index in [2.05, 4.69) is 5.32 Å². The number of hydrogen-bond acceptors (Lipinski definition) is 2. The Bertz CT molecular complexity index is 489. The first-order valence-corrected chi connectivity index (χ1v) is 6.77. The van der Waals surface area contributed by atoms with Gasteiger partial charge in [0.05, 0.1) is 12.6 Å². The topological polar surface area (TPSA) is 21.3 Å². The van der Waals surface area contributed by atoms with Crippen LogP contribution in [-0.4, -0.2) is 20.3 Å². The van der Waals surface area contributed by atoms with Crippen molar-refractivity contribution in [3.63, 3.8) is 0 Å². The second kappa shape index (κ2) is 7.78. The number of rotatable bonds is 7. The standard InChI is InChI=1S/C17H20FNO/c1-20-13-17(15-10-6-3-7-11-15)19-12-16(18)14-8-4-2-5-9-14/h2-11,16-17,19H,12-13H2,1H3/t16-,17-/m0/s1. The van der Waals surface area contributed by atoms with E-state index in [4.69, 9.17) is 4.74 Å². The highest BCUT2D eigenvalue weighted by atomic mass is 19.1. The van der Waals surface area contributed by atoms with Crippen LogP contribution in [0, 0.1) is 0 Å². The maximum atomic E-state index is 14.1. The Kier molecular flexibility index (Phi) is 5.71. The molecule has 2 aromatic rings. The molecular weight excluding hydrogens is 253 g/mol. The van der Waals surface area contributed by atoms with Crippen molar-refractivity contribution in [2.24, 2.45) is 0 Å². The molecule has 2 nitrogen and oxygen atoms in total. The first-order valence-electron chi connectivity index (χ1n) is 6.77. The Morgan fingerprint density at radius 1 is 0.950 bits per heavy atom. The summed E-state index contributed by atoms with van der Waals surface area (Å²) in [5.41, 5.74) is 1.80. The zero-order valence-corrected chi connectivity index (χ0v) is 11.6. The lowest BCUT2D eigenvalue weighted by Crippen LogP contribution is -2.28. The van der Waals surface area contributed by atoms with Crippen molar-refractivity contribution >= 4 is 0 Å². The molecular formula is C17H20FNO. The maximum absolute atomic E-state index is 14.1. The highest BCUT2D eigenvalue weighted by molar-refractivity contribution is 5.20. The summed E-state index contributed by atoms with van der Waals surface area (Å²) in [5.74, 6) is 0. The van der Waals surface area contributed by atoms with Crippen molar-refractivity contribution in [2.45, 2.75) is 12.2 Å². The largest absolute Gasteiger partial charge is 0.383 e. The van der Waals surface area contributed by atoms with Crippen molar-refractivity contribution in [1.29, 1.82) is 0 Å². The summed E-state index contributed by atoms with van der Waals surface area (Å²) >= 11 is 0.